The summed E-state index contributed by atoms with van der Waals surface area (Å²) in [5, 5.41) is 2.97. The Kier molecular flexibility index (Phi) is 4.69. The first kappa shape index (κ1) is 12.1. The van der Waals surface area contributed by atoms with Crippen molar-refractivity contribution in [1.82, 2.24) is 0 Å². The van der Waals surface area contributed by atoms with Gasteiger partial charge in [-0.25, -0.2) is 0 Å². The summed E-state index contributed by atoms with van der Waals surface area (Å²) >= 11 is 1.54. The summed E-state index contributed by atoms with van der Waals surface area (Å²) in [5.74, 6) is 0.587. The van der Waals surface area contributed by atoms with Gasteiger partial charge in [-0.05, 0) is 30.7 Å². The van der Waals surface area contributed by atoms with E-state index < -0.39 is 0 Å². The minimum atomic E-state index is 0.0755. The van der Waals surface area contributed by atoms with Gasteiger partial charge in [0.05, 0.1) is 5.75 Å². The van der Waals surface area contributed by atoms with Crippen molar-refractivity contribution in [3.63, 3.8) is 0 Å². The van der Waals surface area contributed by atoms with Crippen LogP contribution < -0.4 is 5.32 Å². The van der Waals surface area contributed by atoms with Gasteiger partial charge in [0.1, 0.15) is 0 Å². The molecule has 0 bridgehead atoms. The molecule has 0 aliphatic rings. The van der Waals surface area contributed by atoms with E-state index in [-0.39, 0.29) is 5.91 Å². The second-order valence-electron chi connectivity index (χ2n) is 3.44. The molecular formula is C12H17NOS. The number of para-hydroxylation sites is 1. The summed E-state index contributed by atoms with van der Waals surface area (Å²) < 4.78 is 0. The molecule has 0 aliphatic heterocycles. The highest BCUT2D eigenvalue weighted by molar-refractivity contribution is 7.99. The molecule has 3 heteroatoms. The lowest BCUT2D eigenvalue weighted by Gasteiger charge is -2.12. The molecule has 1 N–H and O–H groups in total. The van der Waals surface area contributed by atoms with Gasteiger partial charge in [0.15, 0.2) is 0 Å². The van der Waals surface area contributed by atoms with Crippen LogP contribution in [0.5, 0.6) is 0 Å². The van der Waals surface area contributed by atoms with Crippen LogP contribution in [0.4, 0.5) is 5.69 Å². The molecule has 82 valence electrons. The quantitative estimate of drug-likeness (QED) is 0.850. The highest BCUT2D eigenvalue weighted by Gasteiger charge is 2.07. The molecule has 0 fully saturated rings. The number of anilines is 1. The van der Waals surface area contributed by atoms with Gasteiger partial charge in [-0.1, -0.05) is 25.1 Å². The smallest absolute Gasteiger partial charge is 0.234 e. The number of carbonyl (C=O) groups excluding carboxylic acids is 1. The summed E-state index contributed by atoms with van der Waals surface area (Å²) in [6.07, 6.45) is 2.87. The summed E-state index contributed by atoms with van der Waals surface area (Å²) in [6.45, 7) is 4.12. The number of rotatable bonds is 4. The van der Waals surface area contributed by atoms with Gasteiger partial charge in [-0.2, -0.15) is 11.8 Å². The molecule has 0 atom stereocenters. The molecule has 0 radical (unpaired) electrons. The highest BCUT2D eigenvalue weighted by Crippen LogP contribution is 2.21. The standard InChI is InChI=1S/C12H17NOS/c1-4-10-7-5-6-9(2)12(10)13-11(14)8-15-3/h5-7H,4,8H2,1-3H3,(H,13,14). The van der Waals surface area contributed by atoms with Gasteiger partial charge in [0.25, 0.3) is 0 Å². The van der Waals surface area contributed by atoms with Crippen LogP contribution in [0.15, 0.2) is 18.2 Å². The number of hydrogen-bond donors (Lipinski definition) is 1. The molecule has 0 saturated heterocycles. The Morgan fingerprint density at radius 2 is 2.20 bits per heavy atom. The number of nitrogens with one attached hydrogen (secondary N) is 1. The Balaban J connectivity index is 2.87. The minimum absolute atomic E-state index is 0.0755. The second-order valence-corrected chi connectivity index (χ2v) is 4.31. The zero-order valence-corrected chi connectivity index (χ0v) is 10.3. The van der Waals surface area contributed by atoms with E-state index in [9.17, 15) is 4.79 Å². The van der Waals surface area contributed by atoms with E-state index >= 15 is 0 Å². The van der Waals surface area contributed by atoms with Crippen molar-refractivity contribution >= 4 is 23.4 Å². The zero-order chi connectivity index (χ0) is 11.3. The molecule has 0 spiro atoms. The molecule has 1 aromatic carbocycles. The number of amides is 1. The summed E-state index contributed by atoms with van der Waals surface area (Å²) in [4.78, 5) is 11.5. The van der Waals surface area contributed by atoms with Crippen LogP contribution in [0.1, 0.15) is 18.1 Å². The number of aryl methyl sites for hydroxylation is 2. The minimum Gasteiger partial charge on any atom is -0.325 e. The van der Waals surface area contributed by atoms with Crippen LogP contribution in [0, 0.1) is 6.92 Å². The molecule has 0 aliphatic carbocycles. The maximum Gasteiger partial charge on any atom is 0.234 e. The van der Waals surface area contributed by atoms with Gasteiger partial charge in [-0.15, -0.1) is 0 Å². The molecule has 2 nitrogen and oxygen atoms in total. The van der Waals surface area contributed by atoms with Crippen molar-refractivity contribution in [1.29, 1.82) is 0 Å². The van der Waals surface area contributed by atoms with Crippen molar-refractivity contribution in [3.05, 3.63) is 29.3 Å². The van der Waals surface area contributed by atoms with E-state index in [4.69, 9.17) is 0 Å². The average molecular weight is 223 g/mol. The van der Waals surface area contributed by atoms with E-state index in [1.54, 1.807) is 0 Å². The maximum atomic E-state index is 11.5. The molecule has 0 aromatic heterocycles. The van der Waals surface area contributed by atoms with E-state index in [2.05, 4.69) is 18.3 Å². The lowest BCUT2D eigenvalue weighted by molar-refractivity contribution is -0.113. The van der Waals surface area contributed by atoms with Crippen LogP contribution in [0.25, 0.3) is 0 Å². The van der Waals surface area contributed by atoms with Crippen molar-refractivity contribution < 1.29 is 4.79 Å². The first-order chi connectivity index (χ1) is 7.19. The van der Waals surface area contributed by atoms with Crippen molar-refractivity contribution in [2.24, 2.45) is 0 Å². The summed E-state index contributed by atoms with van der Waals surface area (Å²) in [5.41, 5.74) is 3.31. The normalized spacial score (nSPS) is 10.1. The van der Waals surface area contributed by atoms with E-state index in [0.717, 1.165) is 17.7 Å². The predicted molar refractivity (Wildman–Crippen MR) is 67.6 cm³/mol. The Morgan fingerprint density at radius 1 is 1.47 bits per heavy atom. The van der Waals surface area contributed by atoms with Crippen molar-refractivity contribution in [2.45, 2.75) is 20.3 Å². The van der Waals surface area contributed by atoms with E-state index in [1.165, 1.54) is 17.3 Å². The first-order valence-electron chi connectivity index (χ1n) is 5.06. The lowest BCUT2D eigenvalue weighted by atomic mass is 10.1. The fourth-order valence-corrected chi connectivity index (χ4v) is 1.84. The van der Waals surface area contributed by atoms with Gasteiger partial charge >= 0.3 is 0 Å². The Hall–Kier alpha value is -0.960. The molecule has 0 saturated carbocycles. The number of hydrogen-bond acceptors (Lipinski definition) is 2. The lowest BCUT2D eigenvalue weighted by Crippen LogP contribution is -2.15. The third-order valence-corrected chi connectivity index (χ3v) is 2.83. The number of carbonyl (C=O) groups is 1. The van der Waals surface area contributed by atoms with Crippen molar-refractivity contribution in [2.75, 3.05) is 17.3 Å². The van der Waals surface area contributed by atoms with Crippen LogP contribution in [-0.2, 0) is 11.2 Å². The molecule has 0 unspecified atom stereocenters. The number of benzene rings is 1. The van der Waals surface area contributed by atoms with Gasteiger partial charge in [0, 0.05) is 5.69 Å². The van der Waals surface area contributed by atoms with Gasteiger partial charge < -0.3 is 5.32 Å². The molecule has 1 aromatic rings. The van der Waals surface area contributed by atoms with Crippen LogP contribution >= 0.6 is 11.8 Å². The molecular weight excluding hydrogens is 206 g/mol. The Labute approximate surface area is 95.5 Å². The van der Waals surface area contributed by atoms with E-state index in [1.807, 2.05) is 25.3 Å². The third-order valence-electron chi connectivity index (χ3n) is 2.28. The number of thioether (sulfide) groups is 1. The molecule has 15 heavy (non-hydrogen) atoms. The fraction of sp³-hybridized carbons (Fsp3) is 0.417. The SMILES string of the molecule is CCc1cccc(C)c1NC(=O)CSC. The fourth-order valence-electron chi connectivity index (χ4n) is 1.51. The zero-order valence-electron chi connectivity index (χ0n) is 9.46. The largest absolute Gasteiger partial charge is 0.325 e. The van der Waals surface area contributed by atoms with Crippen LogP contribution in [0.3, 0.4) is 0 Å². The van der Waals surface area contributed by atoms with Gasteiger partial charge in [0.2, 0.25) is 5.91 Å². The summed E-state index contributed by atoms with van der Waals surface area (Å²) in [7, 11) is 0. The monoisotopic (exact) mass is 223 g/mol. The average Bonchev–Trinajstić information content (AvgIpc) is 2.21. The van der Waals surface area contributed by atoms with Crippen LogP contribution in [0.2, 0.25) is 0 Å². The highest BCUT2D eigenvalue weighted by atomic mass is 32.2. The predicted octanol–water partition coefficient (Wildman–Crippen LogP) is 2.86. The molecule has 0 heterocycles. The Bertz CT molecular complexity index is 349. The third kappa shape index (κ3) is 3.27. The summed E-state index contributed by atoms with van der Waals surface area (Å²) in [6, 6.07) is 6.11. The maximum absolute atomic E-state index is 11.5. The van der Waals surface area contributed by atoms with Crippen molar-refractivity contribution in [3.8, 4) is 0 Å². The first-order valence-corrected chi connectivity index (χ1v) is 6.45. The van der Waals surface area contributed by atoms with E-state index in [0.29, 0.717) is 5.75 Å². The topological polar surface area (TPSA) is 29.1 Å². The second kappa shape index (κ2) is 5.81. The molecule has 1 amide bonds. The van der Waals surface area contributed by atoms with Crippen LogP contribution in [-0.4, -0.2) is 17.9 Å². The Morgan fingerprint density at radius 3 is 2.80 bits per heavy atom. The molecule has 1 rings (SSSR count). The van der Waals surface area contributed by atoms with Gasteiger partial charge in [-0.3, -0.25) is 4.79 Å².